The molecule has 0 saturated carbocycles. The molecule has 7 rings (SSSR count). The molecule has 0 aliphatic carbocycles. The van der Waals surface area contributed by atoms with Crippen LogP contribution in [0.3, 0.4) is 0 Å². The number of hydrogen-bond donors (Lipinski definition) is 0. The van der Waals surface area contributed by atoms with E-state index in [4.69, 9.17) is 0 Å². The predicted molar refractivity (Wildman–Crippen MR) is 155 cm³/mol. The Kier molecular flexibility index (Phi) is 5.06. The van der Waals surface area contributed by atoms with Gasteiger partial charge in [-0.25, -0.2) is 0 Å². The molecule has 0 spiro atoms. The number of nitrogens with zero attached hydrogens (tertiary/aromatic N) is 2. The summed E-state index contributed by atoms with van der Waals surface area (Å²) in [7, 11) is -3.20. The fraction of sp³-hybridized carbons (Fsp3) is 0. The Morgan fingerprint density at radius 1 is 0.541 bits per heavy atom. The average Bonchev–Trinajstić information content (AvgIpc) is 3.31. The lowest BCUT2D eigenvalue weighted by molar-refractivity contribution is 0.592. The molecule has 2 heterocycles. The van der Waals surface area contributed by atoms with E-state index in [2.05, 4.69) is 70.2 Å². The van der Waals surface area contributed by atoms with Gasteiger partial charge in [-0.1, -0.05) is 84.9 Å². The molecule has 176 valence electrons. The zero-order chi connectivity index (χ0) is 24.8. The Hall–Kier alpha value is -4.46. The topological polar surface area (TPSA) is 34.9 Å². The molecular formula is C33H23N2OP. The molecule has 0 saturated heterocycles. The average molecular weight is 495 g/mol. The van der Waals surface area contributed by atoms with Gasteiger partial charge in [0.05, 0.1) is 16.6 Å². The molecule has 0 fully saturated rings. The number of benzene rings is 5. The molecule has 4 heteroatoms. The van der Waals surface area contributed by atoms with Gasteiger partial charge in [-0.05, 0) is 48.5 Å². The first kappa shape index (κ1) is 21.8. The van der Waals surface area contributed by atoms with Gasteiger partial charge in [0.1, 0.15) is 0 Å². The first-order chi connectivity index (χ1) is 18.2. The van der Waals surface area contributed by atoms with E-state index in [0.29, 0.717) is 0 Å². The van der Waals surface area contributed by atoms with Gasteiger partial charge in [-0.15, -0.1) is 0 Å². The molecule has 37 heavy (non-hydrogen) atoms. The summed E-state index contributed by atoms with van der Waals surface area (Å²) >= 11 is 0. The summed E-state index contributed by atoms with van der Waals surface area (Å²) < 4.78 is 17.5. The summed E-state index contributed by atoms with van der Waals surface area (Å²) in [6, 6.07) is 44.9. The Bertz CT molecular complexity index is 1960. The minimum atomic E-state index is -3.20. The zero-order valence-electron chi connectivity index (χ0n) is 20.0. The SMILES string of the molecule is O=P(c1ccccc1)(c1cnc2ccccc2c1)c1ccc2c(c1)c1ccccc1n2-c1ccccc1. The minimum Gasteiger partial charge on any atom is -0.309 e. The van der Waals surface area contributed by atoms with Gasteiger partial charge in [-0.3, -0.25) is 4.98 Å². The van der Waals surface area contributed by atoms with Crippen molar-refractivity contribution in [2.24, 2.45) is 0 Å². The van der Waals surface area contributed by atoms with Crippen molar-refractivity contribution in [1.29, 1.82) is 0 Å². The first-order valence-corrected chi connectivity index (χ1v) is 14.0. The quantitative estimate of drug-likeness (QED) is 0.248. The van der Waals surface area contributed by atoms with Crippen LogP contribution < -0.4 is 15.9 Å². The molecule has 5 aromatic carbocycles. The summed E-state index contributed by atoms with van der Waals surface area (Å²) in [6.45, 7) is 0. The van der Waals surface area contributed by atoms with E-state index in [0.717, 1.165) is 54.3 Å². The summed E-state index contributed by atoms with van der Waals surface area (Å²) in [5.41, 5.74) is 4.22. The number of hydrogen-bond acceptors (Lipinski definition) is 2. The summed E-state index contributed by atoms with van der Waals surface area (Å²) in [4.78, 5) is 4.68. The van der Waals surface area contributed by atoms with E-state index >= 15 is 4.57 Å². The lowest BCUT2D eigenvalue weighted by Gasteiger charge is -2.20. The van der Waals surface area contributed by atoms with Crippen LogP contribution in [0.15, 0.2) is 140 Å². The van der Waals surface area contributed by atoms with Crippen LogP contribution in [0.1, 0.15) is 0 Å². The zero-order valence-corrected chi connectivity index (χ0v) is 20.9. The van der Waals surface area contributed by atoms with Gasteiger partial charge in [0, 0.05) is 44.0 Å². The largest absolute Gasteiger partial charge is 0.309 e. The summed E-state index contributed by atoms with van der Waals surface area (Å²) in [5, 5.41) is 5.56. The molecule has 2 aromatic heterocycles. The molecule has 0 radical (unpaired) electrons. The summed E-state index contributed by atoms with van der Waals surface area (Å²) in [5.74, 6) is 0. The fourth-order valence-electron chi connectivity index (χ4n) is 5.33. The third-order valence-corrected chi connectivity index (χ3v) is 10.1. The number of fused-ring (bicyclic) bond motifs is 4. The highest BCUT2D eigenvalue weighted by molar-refractivity contribution is 7.85. The normalized spacial score (nSPS) is 13.2. The van der Waals surface area contributed by atoms with E-state index in [9.17, 15) is 0 Å². The third-order valence-electron chi connectivity index (χ3n) is 7.09. The molecule has 3 nitrogen and oxygen atoms in total. The molecule has 0 amide bonds. The molecule has 7 aromatic rings. The number of pyridine rings is 1. The second kappa shape index (κ2) is 8.58. The maximum atomic E-state index is 15.3. The van der Waals surface area contributed by atoms with Crippen LogP contribution in [0.2, 0.25) is 0 Å². The van der Waals surface area contributed by atoms with Gasteiger partial charge in [0.25, 0.3) is 0 Å². The Labute approximate surface area is 215 Å². The van der Waals surface area contributed by atoms with Gasteiger partial charge in [-0.2, -0.15) is 0 Å². The highest BCUT2D eigenvalue weighted by Crippen LogP contribution is 2.44. The van der Waals surface area contributed by atoms with Crippen molar-refractivity contribution >= 4 is 55.8 Å². The summed E-state index contributed by atoms with van der Waals surface area (Å²) in [6.07, 6.45) is 1.79. The van der Waals surface area contributed by atoms with E-state index < -0.39 is 7.14 Å². The monoisotopic (exact) mass is 494 g/mol. The standard InChI is InChI=1S/C33H23N2OP/c36-37(26-14-5-2-6-15-26,28-21-24-11-7-9-17-31(24)34-23-28)27-19-20-33-30(22-27)29-16-8-10-18-32(29)35(33)25-12-3-1-4-13-25/h1-23H. The first-order valence-electron chi connectivity index (χ1n) is 12.3. The highest BCUT2D eigenvalue weighted by atomic mass is 31.2. The number of rotatable bonds is 4. The third kappa shape index (κ3) is 3.43. The minimum absolute atomic E-state index is 0.739. The van der Waals surface area contributed by atoms with Crippen molar-refractivity contribution in [1.82, 2.24) is 9.55 Å². The molecule has 0 aliphatic rings. The van der Waals surface area contributed by atoms with Crippen molar-refractivity contribution in [2.45, 2.75) is 0 Å². The molecule has 1 atom stereocenters. The second-order valence-electron chi connectivity index (χ2n) is 9.22. The van der Waals surface area contributed by atoms with E-state index in [-0.39, 0.29) is 0 Å². The van der Waals surface area contributed by atoms with Crippen LogP contribution in [0.5, 0.6) is 0 Å². The van der Waals surface area contributed by atoms with E-state index in [1.165, 1.54) is 0 Å². The molecular weight excluding hydrogens is 471 g/mol. The van der Waals surface area contributed by atoms with Crippen LogP contribution in [0.4, 0.5) is 0 Å². The van der Waals surface area contributed by atoms with Crippen molar-refractivity contribution in [2.75, 3.05) is 0 Å². The van der Waals surface area contributed by atoms with E-state index in [1.807, 2.05) is 72.8 Å². The predicted octanol–water partition coefficient (Wildman–Crippen LogP) is 6.97. The van der Waals surface area contributed by atoms with Crippen LogP contribution in [-0.4, -0.2) is 9.55 Å². The van der Waals surface area contributed by atoms with Crippen LogP contribution in [0, 0.1) is 0 Å². The smallest absolute Gasteiger partial charge is 0.172 e. The van der Waals surface area contributed by atoms with Gasteiger partial charge in [0.15, 0.2) is 7.14 Å². The number of para-hydroxylation sites is 3. The Morgan fingerprint density at radius 3 is 2.05 bits per heavy atom. The van der Waals surface area contributed by atoms with Crippen molar-refractivity contribution in [3.05, 3.63) is 140 Å². The Morgan fingerprint density at radius 2 is 1.22 bits per heavy atom. The van der Waals surface area contributed by atoms with Crippen molar-refractivity contribution in [3.63, 3.8) is 0 Å². The van der Waals surface area contributed by atoms with E-state index in [1.54, 1.807) is 6.20 Å². The van der Waals surface area contributed by atoms with Crippen molar-refractivity contribution in [3.8, 4) is 5.69 Å². The number of aromatic nitrogens is 2. The maximum Gasteiger partial charge on any atom is 0.172 e. The lowest BCUT2D eigenvalue weighted by atomic mass is 10.1. The maximum absolute atomic E-state index is 15.3. The molecule has 0 N–H and O–H groups in total. The Balaban J connectivity index is 1.53. The van der Waals surface area contributed by atoms with Crippen LogP contribution in [0.25, 0.3) is 38.4 Å². The van der Waals surface area contributed by atoms with Crippen LogP contribution >= 0.6 is 7.14 Å². The fourth-order valence-corrected chi connectivity index (χ4v) is 7.95. The molecule has 0 aliphatic heterocycles. The lowest BCUT2D eigenvalue weighted by Crippen LogP contribution is -2.25. The molecule has 0 bridgehead atoms. The van der Waals surface area contributed by atoms with Gasteiger partial charge < -0.3 is 9.13 Å². The molecule has 1 unspecified atom stereocenters. The van der Waals surface area contributed by atoms with Gasteiger partial charge in [0.2, 0.25) is 0 Å². The highest BCUT2D eigenvalue weighted by Gasteiger charge is 2.31. The van der Waals surface area contributed by atoms with Crippen LogP contribution in [-0.2, 0) is 4.57 Å². The second-order valence-corrected chi connectivity index (χ2v) is 12.0. The van der Waals surface area contributed by atoms with Gasteiger partial charge >= 0.3 is 0 Å². The van der Waals surface area contributed by atoms with Crippen molar-refractivity contribution < 1.29 is 4.57 Å².